The van der Waals surface area contributed by atoms with Crippen molar-refractivity contribution >= 4 is 32.6 Å². The van der Waals surface area contributed by atoms with Crippen molar-refractivity contribution in [2.45, 2.75) is 32.6 Å². The van der Waals surface area contributed by atoms with Gasteiger partial charge in [-0.25, -0.2) is 14.5 Å². The molecule has 0 saturated heterocycles. The monoisotopic (exact) mass is 607 g/mol. The summed E-state index contributed by atoms with van der Waals surface area (Å²) in [5, 5.41) is 3.66. The summed E-state index contributed by atoms with van der Waals surface area (Å²) in [6, 6.07) is 35.5. The SMILES string of the molecule is Cc1ccccc1-c1c(C)ccc2c1c(=O)n(-c1nc(-c3ccccc3)c3ccccc3n1)c1c3c(ccc21)C(C)C1C=CC=CC31. The van der Waals surface area contributed by atoms with Gasteiger partial charge < -0.3 is 0 Å². The molecule has 47 heavy (non-hydrogen) atoms. The number of nitrogens with zero attached hydrogens (tertiary/aromatic N) is 3. The van der Waals surface area contributed by atoms with Crippen molar-refractivity contribution in [3.05, 3.63) is 160 Å². The highest BCUT2D eigenvalue weighted by Gasteiger charge is 2.39. The molecule has 2 aliphatic carbocycles. The first-order valence-corrected chi connectivity index (χ1v) is 16.4. The number of pyridine rings is 1. The fraction of sp³-hybridized carbons (Fsp3) is 0.140. The molecule has 3 unspecified atom stereocenters. The third kappa shape index (κ3) is 4.04. The Kier molecular flexibility index (Phi) is 6.16. The summed E-state index contributed by atoms with van der Waals surface area (Å²) < 4.78 is 1.85. The lowest BCUT2D eigenvalue weighted by molar-refractivity contribution is 0.544. The molecule has 0 fully saturated rings. The van der Waals surface area contributed by atoms with E-state index in [0.717, 1.165) is 60.7 Å². The molecule has 5 aromatic carbocycles. The van der Waals surface area contributed by atoms with Gasteiger partial charge in [0, 0.05) is 22.3 Å². The molecule has 2 heterocycles. The fourth-order valence-electron chi connectivity index (χ4n) is 8.17. The Bertz CT molecular complexity index is 2540. The minimum absolute atomic E-state index is 0.0939. The van der Waals surface area contributed by atoms with Crippen molar-refractivity contribution in [1.82, 2.24) is 14.5 Å². The number of hydrogen-bond donors (Lipinski definition) is 0. The predicted octanol–water partition coefficient (Wildman–Crippen LogP) is 9.98. The molecule has 0 radical (unpaired) electrons. The largest absolute Gasteiger partial charge is 0.268 e. The molecule has 0 spiro atoms. The highest BCUT2D eigenvalue weighted by molar-refractivity contribution is 6.13. The molecule has 7 aromatic rings. The van der Waals surface area contributed by atoms with Crippen molar-refractivity contribution in [1.29, 1.82) is 0 Å². The second-order valence-corrected chi connectivity index (χ2v) is 13.0. The zero-order valence-corrected chi connectivity index (χ0v) is 26.6. The highest BCUT2D eigenvalue weighted by atomic mass is 16.1. The van der Waals surface area contributed by atoms with Crippen molar-refractivity contribution in [3.8, 4) is 28.3 Å². The maximum Gasteiger partial charge on any atom is 0.266 e. The highest BCUT2D eigenvalue weighted by Crippen LogP contribution is 2.52. The van der Waals surface area contributed by atoms with Crippen LogP contribution in [0.3, 0.4) is 0 Å². The second-order valence-electron chi connectivity index (χ2n) is 13.0. The van der Waals surface area contributed by atoms with Crippen LogP contribution in [-0.2, 0) is 0 Å². The maximum atomic E-state index is 15.5. The molecular weight excluding hydrogens is 574 g/mol. The minimum Gasteiger partial charge on any atom is -0.268 e. The van der Waals surface area contributed by atoms with Gasteiger partial charge in [0.15, 0.2) is 0 Å². The van der Waals surface area contributed by atoms with Crippen LogP contribution < -0.4 is 5.56 Å². The van der Waals surface area contributed by atoms with E-state index in [0.29, 0.717) is 23.2 Å². The fourth-order valence-corrected chi connectivity index (χ4v) is 8.17. The van der Waals surface area contributed by atoms with Crippen LogP contribution in [0.2, 0.25) is 0 Å². The average Bonchev–Trinajstić information content (AvgIpc) is 3.40. The second kappa shape index (κ2) is 10.5. The quantitative estimate of drug-likeness (QED) is 0.188. The lowest BCUT2D eigenvalue weighted by Crippen LogP contribution is -2.24. The van der Waals surface area contributed by atoms with Gasteiger partial charge in [-0.2, -0.15) is 0 Å². The number of para-hydroxylation sites is 1. The molecule has 4 nitrogen and oxygen atoms in total. The Hall–Kier alpha value is -5.61. The van der Waals surface area contributed by atoms with Gasteiger partial charge in [0.25, 0.3) is 5.56 Å². The zero-order valence-electron chi connectivity index (χ0n) is 26.6. The number of aryl methyl sites for hydroxylation is 2. The zero-order chi connectivity index (χ0) is 31.8. The Morgan fingerprint density at radius 3 is 2.28 bits per heavy atom. The summed E-state index contributed by atoms with van der Waals surface area (Å²) >= 11 is 0. The van der Waals surface area contributed by atoms with Crippen molar-refractivity contribution in [2.24, 2.45) is 5.92 Å². The smallest absolute Gasteiger partial charge is 0.266 e. The van der Waals surface area contributed by atoms with Gasteiger partial charge in [-0.3, -0.25) is 4.79 Å². The summed E-state index contributed by atoms with van der Waals surface area (Å²) in [6.07, 6.45) is 8.93. The van der Waals surface area contributed by atoms with E-state index in [4.69, 9.17) is 9.97 Å². The van der Waals surface area contributed by atoms with Crippen molar-refractivity contribution in [2.75, 3.05) is 0 Å². The molecule has 226 valence electrons. The molecule has 3 atom stereocenters. The molecule has 0 saturated carbocycles. The molecule has 0 amide bonds. The van der Waals surface area contributed by atoms with Crippen LogP contribution in [0, 0.1) is 19.8 Å². The van der Waals surface area contributed by atoms with Crippen LogP contribution >= 0.6 is 0 Å². The number of aromatic nitrogens is 3. The first kappa shape index (κ1) is 27.7. The Labute approximate surface area is 273 Å². The predicted molar refractivity (Wildman–Crippen MR) is 193 cm³/mol. The van der Waals surface area contributed by atoms with Crippen LogP contribution in [0.15, 0.2) is 132 Å². The van der Waals surface area contributed by atoms with E-state index in [1.807, 2.05) is 47.0 Å². The summed E-state index contributed by atoms with van der Waals surface area (Å²) in [5.41, 5.74) is 10.1. The summed E-state index contributed by atoms with van der Waals surface area (Å²) in [7, 11) is 0. The number of hydrogen-bond acceptors (Lipinski definition) is 3. The number of allylic oxidation sites excluding steroid dienone is 4. The summed E-state index contributed by atoms with van der Waals surface area (Å²) in [4.78, 5) is 25.9. The van der Waals surface area contributed by atoms with Gasteiger partial charge >= 0.3 is 0 Å². The Balaban J connectivity index is 1.50. The Morgan fingerprint density at radius 2 is 1.43 bits per heavy atom. The molecule has 2 aromatic heterocycles. The van der Waals surface area contributed by atoms with Gasteiger partial charge in [-0.05, 0) is 70.5 Å². The average molecular weight is 608 g/mol. The summed E-state index contributed by atoms with van der Waals surface area (Å²) in [6.45, 7) is 6.52. The van der Waals surface area contributed by atoms with Crippen LogP contribution in [0.4, 0.5) is 0 Å². The maximum absolute atomic E-state index is 15.5. The van der Waals surface area contributed by atoms with Gasteiger partial charge in [0.1, 0.15) is 0 Å². The standard InChI is InChI=1S/C43H33N3O/c1-25-13-7-8-16-29(25)37-26(2)21-22-33-34-24-23-31-27(3)30-17-9-10-18-32(30)38(31)41(34)46(42(47)39(33)37)43-44-36-20-12-11-19-35(36)40(45-43)28-14-5-4-6-15-28/h4-24,27,30,32H,1-3H3. The van der Waals surface area contributed by atoms with E-state index in [-0.39, 0.29) is 11.5 Å². The van der Waals surface area contributed by atoms with E-state index in [1.165, 1.54) is 11.1 Å². The van der Waals surface area contributed by atoms with E-state index in [2.05, 4.69) is 106 Å². The molecule has 0 aliphatic heterocycles. The lowest BCUT2D eigenvalue weighted by atomic mass is 9.84. The first-order valence-electron chi connectivity index (χ1n) is 16.4. The van der Waals surface area contributed by atoms with Gasteiger partial charge in [0.2, 0.25) is 5.95 Å². The number of benzene rings is 5. The number of fused-ring (bicyclic) bond motifs is 8. The molecule has 2 aliphatic rings. The normalized spacial score (nSPS) is 18.2. The number of rotatable bonds is 3. The minimum atomic E-state index is -0.0939. The van der Waals surface area contributed by atoms with Crippen LogP contribution in [0.5, 0.6) is 0 Å². The van der Waals surface area contributed by atoms with E-state index in [1.54, 1.807) is 0 Å². The summed E-state index contributed by atoms with van der Waals surface area (Å²) in [5.74, 6) is 1.21. The molecule has 9 rings (SSSR count). The third-order valence-corrected chi connectivity index (χ3v) is 10.4. The lowest BCUT2D eigenvalue weighted by Gasteiger charge is -2.22. The van der Waals surface area contributed by atoms with Crippen LogP contribution in [0.25, 0.3) is 60.9 Å². The molecule has 4 heteroatoms. The van der Waals surface area contributed by atoms with Gasteiger partial charge in [-0.15, -0.1) is 0 Å². The molecule has 0 N–H and O–H groups in total. The van der Waals surface area contributed by atoms with Crippen molar-refractivity contribution in [3.63, 3.8) is 0 Å². The molecular formula is C43H33N3O. The van der Waals surface area contributed by atoms with E-state index < -0.39 is 0 Å². The van der Waals surface area contributed by atoms with Crippen molar-refractivity contribution < 1.29 is 0 Å². The van der Waals surface area contributed by atoms with Crippen LogP contribution in [-0.4, -0.2) is 14.5 Å². The third-order valence-electron chi connectivity index (χ3n) is 10.4. The Morgan fingerprint density at radius 1 is 0.681 bits per heavy atom. The first-order chi connectivity index (χ1) is 23.0. The topological polar surface area (TPSA) is 47.8 Å². The van der Waals surface area contributed by atoms with Gasteiger partial charge in [-0.1, -0.05) is 128 Å². The van der Waals surface area contributed by atoms with Crippen LogP contribution in [0.1, 0.15) is 41.0 Å². The molecule has 0 bridgehead atoms. The van der Waals surface area contributed by atoms with Gasteiger partial charge in [0.05, 0.1) is 22.1 Å². The van der Waals surface area contributed by atoms with E-state index >= 15 is 4.79 Å². The van der Waals surface area contributed by atoms with E-state index in [9.17, 15) is 0 Å².